The van der Waals surface area contributed by atoms with Crippen LogP contribution in [0.2, 0.25) is 5.02 Å². The van der Waals surface area contributed by atoms with Crippen molar-refractivity contribution in [1.29, 1.82) is 0 Å². The van der Waals surface area contributed by atoms with Crippen molar-refractivity contribution in [2.45, 2.75) is 6.54 Å². The molecule has 3 heteroatoms. The van der Waals surface area contributed by atoms with Crippen molar-refractivity contribution in [2.75, 3.05) is 5.32 Å². The van der Waals surface area contributed by atoms with Crippen molar-refractivity contribution in [1.82, 2.24) is 0 Å². The lowest BCUT2D eigenvalue weighted by Crippen LogP contribution is -2.01. The van der Waals surface area contributed by atoms with Crippen LogP contribution in [0.4, 0.5) is 10.1 Å². The Morgan fingerprint density at radius 3 is 2.50 bits per heavy atom. The van der Waals surface area contributed by atoms with Gasteiger partial charge in [-0.25, -0.2) is 4.39 Å². The molecule has 0 bridgehead atoms. The quantitative estimate of drug-likeness (QED) is 0.693. The Hall–Kier alpha value is -2.06. The first kappa shape index (κ1) is 12.9. The molecule has 1 N–H and O–H groups in total. The average Bonchev–Trinajstić information content (AvgIpc) is 2.46. The molecule has 0 saturated carbocycles. The number of hydrogen-bond donors (Lipinski definition) is 1. The summed E-state index contributed by atoms with van der Waals surface area (Å²) in [4.78, 5) is 0. The van der Waals surface area contributed by atoms with E-state index in [0.29, 0.717) is 17.3 Å². The molecule has 3 aromatic rings. The molecule has 0 radical (unpaired) electrons. The molecule has 0 aliphatic carbocycles. The first-order valence-corrected chi connectivity index (χ1v) is 6.77. The van der Waals surface area contributed by atoms with Crippen LogP contribution >= 0.6 is 11.6 Å². The van der Waals surface area contributed by atoms with Gasteiger partial charge in [0.25, 0.3) is 0 Å². The normalized spacial score (nSPS) is 10.7. The Morgan fingerprint density at radius 1 is 0.900 bits per heavy atom. The van der Waals surface area contributed by atoms with Gasteiger partial charge in [0.2, 0.25) is 0 Å². The van der Waals surface area contributed by atoms with Crippen LogP contribution in [0.25, 0.3) is 10.8 Å². The van der Waals surface area contributed by atoms with Crippen LogP contribution in [-0.4, -0.2) is 0 Å². The van der Waals surface area contributed by atoms with E-state index in [1.54, 1.807) is 12.1 Å². The minimum atomic E-state index is -0.335. The maximum atomic E-state index is 13.7. The molecule has 0 aliphatic rings. The highest BCUT2D eigenvalue weighted by molar-refractivity contribution is 6.30. The highest BCUT2D eigenvalue weighted by atomic mass is 35.5. The zero-order valence-electron chi connectivity index (χ0n) is 10.7. The van der Waals surface area contributed by atoms with Crippen molar-refractivity contribution in [3.63, 3.8) is 0 Å². The molecule has 0 aromatic heterocycles. The van der Waals surface area contributed by atoms with Gasteiger partial charge in [-0.1, -0.05) is 48.0 Å². The summed E-state index contributed by atoms with van der Waals surface area (Å²) in [7, 11) is 0. The molecule has 0 atom stereocenters. The lowest BCUT2D eigenvalue weighted by molar-refractivity contribution is 0.630. The topological polar surface area (TPSA) is 12.0 Å². The Bertz CT molecular complexity index is 755. The Morgan fingerprint density at radius 2 is 1.70 bits per heavy atom. The lowest BCUT2D eigenvalue weighted by Gasteiger charge is -2.09. The average molecular weight is 286 g/mol. The molecular formula is C17H13ClFN. The van der Waals surface area contributed by atoms with E-state index in [2.05, 4.69) is 29.6 Å². The standard InChI is InChI=1S/C17H13ClFN/c18-15-7-8-17(16(19)10-15)20-11-12-5-6-13-3-1-2-4-14(13)9-12/h1-10,20H,11H2. The SMILES string of the molecule is Fc1cc(Cl)ccc1NCc1ccc2ccccc2c1. The predicted molar refractivity (Wildman–Crippen MR) is 82.7 cm³/mol. The summed E-state index contributed by atoms with van der Waals surface area (Å²) in [5.41, 5.74) is 1.57. The molecule has 3 aromatic carbocycles. The highest BCUT2D eigenvalue weighted by Gasteiger charge is 2.03. The van der Waals surface area contributed by atoms with Crippen molar-refractivity contribution < 1.29 is 4.39 Å². The minimum absolute atomic E-state index is 0.335. The highest BCUT2D eigenvalue weighted by Crippen LogP contribution is 2.21. The third-order valence-electron chi connectivity index (χ3n) is 3.23. The number of halogens is 2. The van der Waals surface area contributed by atoms with Gasteiger partial charge in [0.05, 0.1) is 5.69 Å². The lowest BCUT2D eigenvalue weighted by atomic mass is 10.1. The van der Waals surface area contributed by atoms with E-state index in [-0.39, 0.29) is 5.82 Å². The van der Waals surface area contributed by atoms with Crippen molar-refractivity contribution in [3.05, 3.63) is 77.1 Å². The Kier molecular flexibility index (Phi) is 3.57. The zero-order chi connectivity index (χ0) is 13.9. The molecule has 100 valence electrons. The van der Waals surface area contributed by atoms with E-state index in [9.17, 15) is 4.39 Å². The summed E-state index contributed by atoms with van der Waals surface area (Å²) in [6.45, 7) is 0.573. The van der Waals surface area contributed by atoms with E-state index in [0.717, 1.165) is 5.56 Å². The van der Waals surface area contributed by atoms with Gasteiger partial charge in [0.15, 0.2) is 0 Å². The molecule has 0 heterocycles. The number of hydrogen-bond acceptors (Lipinski definition) is 1. The van der Waals surface area contributed by atoms with Gasteiger partial charge < -0.3 is 5.32 Å². The van der Waals surface area contributed by atoms with Gasteiger partial charge in [0.1, 0.15) is 5.82 Å². The molecule has 1 nitrogen and oxygen atoms in total. The third kappa shape index (κ3) is 2.75. The first-order valence-electron chi connectivity index (χ1n) is 6.39. The molecule has 0 saturated heterocycles. The van der Waals surface area contributed by atoms with Gasteiger partial charge in [-0.2, -0.15) is 0 Å². The van der Waals surface area contributed by atoms with Gasteiger partial charge in [-0.05, 0) is 40.6 Å². The fourth-order valence-electron chi connectivity index (χ4n) is 2.18. The summed E-state index contributed by atoms with van der Waals surface area (Å²) in [5.74, 6) is -0.335. The predicted octanol–water partition coefficient (Wildman–Crippen LogP) is 5.24. The van der Waals surface area contributed by atoms with Gasteiger partial charge in [-0.15, -0.1) is 0 Å². The molecule has 0 amide bonds. The van der Waals surface area contributed by atoms with Crippen LogP contribution < -0.4 is 5.32 Å². The molecule has 20 heavy (non-hydrogen) atoms. The summed E-state index contributed by atoms with van der Waals surface area (Å²) in [5, 5.41) is 5.88. The second-order valence-electron chi connectivity index (χ2n) is 4.66. The van der Waals surface area contributed by atoms with E-state index >= 15 is 0 Å². The smallest absolute Gasteiger partial charge is 0.147 e. The fourth-order valence-corrected chi connectivity index (χ4v) is 2.34. The van der Waals surface area contributed by atoms with Crippen molar-refractivity contribution >= 4 is 28.1 Å². The van der Waals surface area contributed by atoms with E-state index in [1.165, 1.54) is 16.8 Å². The molecule has 0 unspecified atom stereocenters. The van der Waals surface area contributed by atoms with Crippen LogP contribution in [0.15, 0.2) is 60.7 Å². The second-order valence-corrected chi connectivity index (χ2v) is 5.10. The Labute approximate surface area is 122 Å². The zero-order valence-corrected chi connectivity index (χ0v) is 11.5. The van der Waals surface area contributed by atoms with Crippen LogP contribution in [0.1, 0.15) is 5.56 Å². The molecular weight excluding hydrogens is 273 g/mol. The van der Waals surface area contributed by atoms with Gasteiger partial charge in [0, 0.05) is 11.6 Å². The summed E-state index contributed by atoms with van der Waals surface area (Å²) >= 11 is 5.73. The van der Waals surface area contributed by atoms with Crippen LogP contribution in [-0.2, 0) is 6.54 Å². The largest absolute Gasteiger partial charge is 0.379 e. The molecule has 0 aliphatic heterocycles. The van der Waals surface area contributed by atoms with Crippen LogP contribution in [0, 0.1) is 5.82 Å². The van der Waals surface area contributed by atoms with E-state index < -0.39 is 0 Å². The minimum Gasteiger partial charge on any atom is -0.379 e. The van der Waals surface area contributed by atoms with Crippen molar-refractivity contribution in [2.24, 2.45) is 0 Å². The Balaban J connectivity index is 1.79. The summed E-state index contributed by atoms with van der Waals surface area (Å²) < 4.78 is 13.7. The number of fused-ring (bicyclic) bond motifs is 1. The van der Waals surface area contributed by atoms with Crippen LogP contribution in [0.3, 0.4) is 0 Å². The molecule has 0 fully saturated rings. The van der Waals surface area contributed by atoms with Crippen molar-refractivity contribution in [3.8, 4) is 0 Å². The monoisotopic (exact) mass is 285 g/mol. The number of benzene rings is 3. The van der Waals surface area contributed by atoms with E-state index in [4.69, 9.17) is 11.6 Å². The third-order valence-corrected chi connectivity index (χ3v) is 3.46. The summed E-state index contributed by atoms with van der Waals surface area (Å²) in [6, 6.07) is 19.0. The molecule has 0 spiro atoms. The number of nitrogens with one attached hydrogen (secondary N) is 1. The van der Waals surface area contributed by atoms with Gasteiger partial charge >= 0.3 is 0 Å². The maximum absolute atomic E-state index is 13.7. The number of anilines is 1. The van der Waals surface area contributed by atoms with Crippen LogP contribution in [0.5, 0.6) is 0 Å². The number of rotatable bonds is 3. The fraction of sp³-hybridized carbons (Fsp3) is 0.0588. The molecule has 3 rings (SSSR count). The maximum Gasteiger partial charge on any atom is 0.147 e. The summed E-state index contributed by atoms with van der Waals surface area (Å²) in [6.07, 6.45) is 0. The van der Waals surface area contributed by atoms with E-state index in [1.807, 2.05) is 18.2 Å². The van der Waals surface area contributed by atoms with Gasteiger partial charge in [-0.3, -0.25) is 0 Å². The first-order chi connectivity index (χ1) is 9.72. The second kappa shape index (κ2) is 5.51.